The molecule has 1 aliphatic heterocycles. The van der Waals surface area contributed by atoms with Gasteiger partial charge >= 0.3 is 0 Å². The Morgan fingerprint density at radius 3 is 3.00 bits per heavy atom. The first-order valence-corrected chi connectivity index (χ1v) is 9.47. The van der Waals surface area contributed by atoms with E-state index in [1.807, 2.05) is 5.38 Å². The molecule has 2 heterocycles. The monoisotopic (exact) mass is 338 g/mol. The van der Waals surface area contributed by atoms with Gasteiger partial charge in [0, 0.05) is 36.7 Å². The van der Waals surface area contributed by atoms with Gasteiger partial charge in [0.05, 0.1) is 17.0 Å². The number of benzene rings is 1. The van der Waals surface area contributed by atoms with Gasteiger partial charge in [0.2, 0.25) is 10.0 Å². The third-order valence-electron chi connectivity index (χ3n) is 3.86. The number of methoxy groups -OCH3 is 1. The SMILES string of the molecule is COc1cccc(S(=O)(=O)N2CCC[C@H](c3nccs3)C2)c1. The van der Waals surface area contributed by atoms with Gasteiger partial charge in [0.15, 0.2) is 0 Å². The van der Waals surface area contributed by atoms with Crippen molar-refractivity contribution in [3.05, 3.63) is 40.8 Å². The van der Waals surface area contributed by atoms with Crippen LogP contribution in [0, 0.1) is 0 Å². The van der Waals surface area contributed by atoms with Gasteiger partial charge in [0.1, 0.15) is 5.75 Å². The number of sulfonamides is 1. The average Bonchev–Trinajstić information content (AvgIpc) is 3.09. The third kappa shape index (κ3) is 3.02. The highest BCUT2D eigenvalue weighted by Crippen LogP contribution is 2.31. The minimum absolute atomic E-state index is 0.189. The van der Waals surface area contributed by atoms with Crippen LogP contribution in [-0.4, -0.2) is 37.9 Å². The van der Waals surface area contributed by atoms with Crippen LogP contribution < -0.4 is 4.74 Å². The van der Waals surface area contributed by atoms with Crippen LogP contribution in [-0.2, 0) is 10.0 Å². The second kappa shape index (κ2) is 6.36. The van der Waals surface area contributed by atoms with E-state index in [4.69, 9.17) is 4.74 Å². The molecule has 118 valence electrons. The molecule has 2 aromatic rings. The highest BCUT2D eigenvalue weighted by Gasteiger charge is 2.31. The first-order valence-electron chi connectivity index (χ1n) is 7.15. The molecule has 0 aliphatic carbocycles. The molecule has 22 heavy (non-hydrogen) atoms. The summed E-state index contributed by atoms with van der Waals surface area (Å²) < 4.78 is 32.3. The van der Waals surface area contributed by atoms with Crippen molar-refractivity contribution in [3.8, 4) is 5.75 Å². The molecule has 0 N–H and O–H groups in total. The lowest BCUT2D eigenvalue weighted by Crippen LogP contribution is -2.39. The van der Waals surface area contributed by atoms with Gasteiger partial charge in [-0.25, -0.2) is 13.4 Å². The molecule has 0 bridgehead atoms. The van der Waals surface area contributed by atoms with E-state index in [-0.39, 0.29) is 10.8 Å². The fraction of sp³-hybridized carbons (Fsp3) is 0.400. The van der Waals surface area contributed by atoms with Crippen molar-refractivity contribution in [1.82, 2.24) is 9.29 Å². The van der Waals surface area contributed by atoms with Crippen molar-refractivity contribution >= 4 is 21.4 Å². The summed E-state index contributed by atoms with van der Waals surface area (Å²) in [5.41, 5.74) is 0. The van der Waals surface area contributed by atoms with Crippen LogP contribution in [0.1, 0.15) is 23.8 Å². The molecule has 1 aliphatic rings. The minimum Gasteiger partial charge on any atom is -0.497 e. The van der Waals surface area contributed by atoms with Crippen molar-refractivity contribution in [1.29, 1.82) is 0 Å². The van der Waals surface area contributed by atoms with Crippen LogP contribution in [0.25, 0.3) is 0 Å². The van der Waals surface area contributed by atoms with Crippen LogP contribution in [0.4, 0.5) is 0 Å². The van der Waals surface area contributed by atoms with Crippen LogP contribution in [0.5, 0.6) is 5.75 Å². The fourth-order valence-corrected chi connectivity index (χ4v) is 5.04. The smallest absolute Gasteiger partial charge is 0.243 e. The summed E-state index contributed by atoms with van der Waals surface area (Å²) in [6.45, 7) is 1.05. The van der Waals surface area contributed by atoms with Gasteiger partial charge in [-0.2, -0.15) is 4.31 Å². The Kier molecular flexibility index (Phi) is 4.46. The summed E-state index contributed by atoms with van der Waals surface area (Å²) in [5.74, 6) is 0.740. The number of aromatic nitrogens is 1. The van der Waals surface area contributed by atoms with Gasteiger partial charge in [0.25, 0.3) is 0 Å². The van der Waals surface area contributed by atoms with Crippen LogP contribution in [0.15, 0.2) is 40.7 Å². The molecule has 5 nitrogen and oxygen atoms in total. The van der Waals surface area contributed by atoms with Crippen molar-refractivity contribution in [3.63, 3.8) is 0 Å². The Hall–Kier alpha value is -1.44. The highest BCUT2D eigenvalue weighted by atomic mass is 32.2. The first kappa shape index (κ1) is 15.5. The standard InChI is InChI=1S/C15H18N2O3S2/c1-20-13-5-2-6-14(10-13)22(18,19)17-8-3-4-12(11-17)15-16-7-9-21-15/h2,5-7,9-10,12H,3-4,8,11H2,1H3/t12-/m0/s1. The molecular weight excluding hydrogens is 320 g/mol. The normalized spacial score (nSPS) is 20.0. The Balaban J connectivity index is 1.85. The van der Waals surface area contributed by atoms with Crippen molar-refractivity contribution in [2.75, 3.05) is 20.2 Å². The van der Waals surface area contributed by atoms with E-state index < -0.39 is 10.0 Å². The molecule has 0 spiro atoms. The van der Waals surface area contributed by atoms with E-state index in [1.165, 1.54) is 7.11 Å². The van der Waals surface area contributed by atoms with Gasteiger partial charge in [-0.3, -0.25) is 0 Å². The fourth-order valence-electron chi connectivity index (χ4n) is 2.71. The van der Waals surface area contributed by atoms with E-state index in [0.29, 0.717) is 18.8 Å². The van der Waals surface area contributed by atoms with Crippen LogP contribution in [0.2, 0.25) is 0 Å². The molecule has 0 unspecified atom stereocenters. The van der Waals surface area contributed by atoms with Gasteiger partial charge in [-0.05, 0) is 25.0 Å². The summed E-state index contributed by atoms with van der Waals surface area (Å²) in [6, 6.07) is 6.63. The van der Waals surface area contributed by atoms with Crippen molar-refractivity contribution < 1.29 is 13.2 Å². The Labute approximate surface area is 134 Å². The molecular formula is C15H18N2O3S2. The Bertz CT molecular complexity index is 729. The van der Waals surface area contributed by atoms with Crippen LogP contribution in [0.3, 0.4) is 0 Å². The maximum atomic E-state index is 12.8. The number of nitrogens with zero attached hydrogens (tertiary/aromatic N) is 2. The topological polar surface area (TPSA) is 59.5 Å². The van der Waals surface area contributed by atoms with E-state index in [2.05, 4.69) is 4.98 Å². The molecule has 1 fully saturated rings. The summed E-state index contributed by atoms with van der Waals surface area (Å²) in [7, 11) is -1.96. The van der Waals surface area contributed by atoms with Gasteiger partial charge in [-0.15, -0.1) is 11.3 Å². The first-order chi connectivity index (χ1) is 10.6. The summed E-state index contributed by atoms with van der Waals surface area (Å²) >= 11 is 1.59. The zero-order valence-corrected chi connectivity index (χ0v) is 13.9. The minimum atomic E-state index is -3.49. The number of hydrogen-bond acceptors (Lipinski definition) is 5. The van der Waals surface area contributed by atoms with Crippen LogP contribution >= 0.6 is 11.3 Å². The maximum Gasteiger partial charge on any atom is 0.243 e. The summed E-state index contributed by atoms with van der Waals surface area (Å²) in [4.78, 5) is 4.62. The molecule has 0 amide bonds. The number of rotatable bonds is 4. The molecule has 1 aromatic carbocycles. The number of ether oxygens (including phenoxy) is 1. The quantitative estimate of drug-likeness (QED) is 0.860. The lowest BCUT2D eigenvalue weighted by molar-refractivity contribution is 0.315. The van der Waals surface area contributed by atoms with E-state index in [1.54, 1.807) is 46.1 Å². The second-order valence-corrected chi connectivity index (χ2v) is 8.12. The maximum absolute atomic E-state index is 12.8. The largest absolute Gasteiger partial charge is 0.497 e. The lowest BCUT2D eigenvalue weighted by atomic mass is 10.0. The molecule has 1 saturated heterocycles. The predicted octanol–water partition coefficient (Wildman–Crippen LogP) is 2.72. The summed E-state index contributed by atoms with van der Waals surface area (Å²) in [6.07, 6.45) is 3.61. The molecule has 7 heteroatoms. The predicted molar refractivity (Wildman–Crippen MR) is 85.8 cm³/mol. The zero-order valence-electron chi connectivity index (χ0n) is 12.3. The number of hydrogen-bond donors (Lipinski definition) is 0. The molecule has 1 aromatic heterocycles. The Morgan fingerprint density at radius 2 is 2.27 bits per heavy atom. The average molecular weight is 338 g/mol. The van der Waals surface area contributed by atoms with Gasteiger partial charge < -0.3 is 4.74 Å². The van der Waals surface area contributed by atoms with E-state index >= 15 is 0 Å². The van der Waals surface area contributed by atoms with Crippen molar-refractivity contribution in [2.24, 2.45) is 0 Å². The van der Waals surface area contributed by atoms with E-state index in [9.17, 15) is 8.42 Å². The summed E-state index contributed by atoms with van der Waals surface area (Å²) in [5, 5.41) is 2.95. The van der Waals surface area contributed by atoms with Crippen molar-refractivity contribution in [2.45, 2.75) is 23.7 Å². The number of thiazole rings is 1. The molecule has 3 rings (SSSR count). The molecule has 0 radical (unpaired) electrons. The third-order valence-corrected chi connectivity index (χ3v) is 6.66. The Morgan fingerprint density at radius 1 is 1.41 bits per heavy atom. The second-order valence-electron chi connectivity index (χ2n) is 5.25. The zero-order chi connectivity index (χ0) is 15.6. The van der Waals surface area contributed by atoms with E-state index in [0.717, 1.165) is 17.8 Å². The highest BCUT2D eigenvalue weighted by molar-refractivity contribution is 7.89. The molecule has 0 saturated carbocycles. The van der Waals surface area contributed by atoms with Gasteiger partial charge in [-0.1, -0.05) is 6.07 Å². The lowest BCUT2D eigenvalue weighted by Gasteiger charge is -2.31. The molecule has 1 atom stereocenters. The number of piperidine rings is 1.